The van der Waals surface area contributed by atoms with Crippen molar-refractivity contribution in [1.29, 1.82) is 0 Å². The molecule has 4 rings (SSSR count). The molecule has 0 aliphatic heterocycles. The summed E-state index contributed by atoms with van der Waals surface area (Å²) >= 11 is 0. The summed E-state index contributed by atoms with van der Waals surface area (Å²) < 4.78 is 0. The van der Waals surface area contributed by atoms with Crippen molar-refractivity contribution in [2.24, 2.45) is 0 Å². The van der Waals surface area contributed by atoms with Gasteiger partial charge in [0.15, 0.2) is 0 Å². The van der Waals surface area contributed by atoms with E-state index in [9.17, 15) is 0 Å². The summed E-state index contributed by atoms with van der Waals surface area (Å²) in [7, 11) is 0. The lowest BCUT2D eigenvalue weighted by atomic mass is 10.2. The van der Waals surface area contributed by atoms with Gasteiger partial charge in [0.05, 0.1) is 5.69 Å². The van der Waals surface area contributed by atoms with Gasteiger partial charge in [-0.05, 0) is 44.2 Å². The Morgan fingerprint density at radius 2 is 1.86 bits per heavy atom. The van der Waals surface area contributed by atoms with Gasteiger partial charge in [-0.25, -0.2) is 4.98 Å². The summed E-state index contributed by atoms with van der Waals surface area (Å²) in [5, 5.41) is 6.86. The molecular formula is C17H20N4. The van der Waals surface area contributed by atoms with E-state index >= 15 is 0 Å². The van der Waals surface area contributed by atoms with E-state index in [1.807, 2.05) is 6.07 Å². The van der Waals surface area contributed by atoms with Crippen LogP contribution >= 0.6 is 0 Å². The summed E-state index contributed by atoms with van der Waals surface area (Å²) in [4.78, 5) is 9.30. The topological polar surface area (TPSA) is 49.8 Å². The van der Waals surface area contributed by atoms with Gasteiger partial charge in [-0.15, -0.1) is 0 Å². The lowest BCUT2D eigenvalue weighted by Gasteiger charge is -2.12. The monoisotopic (exact) mass is 280 g/mol. The number of nitrogens with one attached hydrogen (secondary N) is 2. The molecule has 21 heavy (non-hydrogen) atoms. The van der Waals surface area contributed by atoms with E-state index in [0.717, 1.165) is 17.5 Å². The van der Waals surface area contributed by atoms with Crippen LogP contribution in [0.2, 0.25) is 0 Å². The zero-order chi connectivity index (χ0) is 14.2. The minimum atomic E-state index is 0.575. The van der Waals surface area contributed by atoms with Crippen LogP contribution in [0.15, 0.2) is 30.3 Å². The van der Waals surface area contributed by atoms with Crippen LogP contribution in [0.1, 0.15) is 42.9 Å². The number of para-hydroxylation sites is 1. The van der Waals surface area contributed by atoms with Gasteiger partial charge in [0.2, 0.25) is 5.95 Å². The van der Waals surface area contributed by atoms with Crippen molar-refractivity contribution in [3.63, 3.8) is 0 Å². The third-order valence-electron chi connectivity index (χ3n) is 4.06. The molecule has 1 heterocycles. The number of nitrogens with zero attached hydrogens (tertiary/aromatic N) is 2. The third-order valence-corrected chi connectivity index (χ3v) is 4.06. The zero-order valence-electron chi connectivity index (χ0n) is 12.3. The minimum absolute atomic E-state index is 0.575. The van der Waals surface area contributed by atoms with Gasteiger partial charge in [0.1, 0.15) is 5.82 Å². The molecule has 2 aliphatic carbocycles. The Labute approximate surface area is 125 Å². The fourth-order valence-corrected chi connectivity index (χ4v) is 2.44. The van der Waals surface area contributed by atoms with Crippen LogP contribution in [-0.4, -0.2) is 16.0 Å². The number of rotatable bonds is 5. The predicted octanol–water partition coefficient (Wildman–Crippen LogP) is 3.98. The van der Waals surface area contributed by atoms with Crippen molar-refractivity contribution in [3.05, 3.63) is 41.6 Å². The van der Waals surface area contributed by atoms with Crippen molar-refractivity contribution in [2.75, 3.05) is 10.6 Å². The molecule has 1 aromatic heterocycles. The van der Waals surface area contributed by atoms with E-state index in [0.29, 0.717) is 12.0 Å². The largest absolute Gasteiger partial charge is 0.351 e. The van der Waals surface area contributed by atoms with Crippen molar-refractivity contribution in [2.45, 2.75) is 44.6 Å². The highest BCUT2D eigenvalue weighted by Crippen LogP contribution is 2.40. The third kappa shape index (κ3) is 2.99. The minimum Gasteiger partial charge on any atom is -0.351 e. The Kier molecular flexibility index (Phi) is 3.02. The van der Waals surface area contributed by atoms with Gasteiger partial charge in [-0.2, -0.15) is 4.98 Å². The van der Waals surface area contributed by atoms with Crippen LogP contribution in [0.25, 0.3) is 0 Å². The first-order chi connectivity index (χ1) is 10.3. The van der Waals surface area contributed by atoms with Crippen LogP contribution in [-0.2, 0) is 0 Å². The maximum atomic E-state index is 4.68. The molecule has 2 N–H and O–H groups in total. The Morgan fingerprint density at radius 3 is 2.57 bits per heavy atom. The first kappa shape index (κ1) is 12.6. The van der Waals surface area contributed by atoms with Gasteiger partial charge >= 0.3 is 0 Å². The molecule has 4 heteroatoms. The molecule has 4 nitrogen and oxygen atoms in total. The van der Waals surface area contributed by atoms with Crippen molar-refractivity contribution >= 4 is 17.5 Å². The quantitative estimate of drug-likeness (QED) is 0.869. The first-order valence-corrected chi connectivity index (χ1v) is 7.76. The molecule has 0 saturated heterocycles. The molecule has 0 amide bonds. The molecule has 0 spiro atoms. The smallest absolute Gasteiger partial charge is 0.225 e. The number of aryl methyl sites for hydroxylation is 1. The van der Waals surface area contributed by atoms with Gasteiger partial charge in [-0.1, -0.05) is 18.2 Å². The van der Waals surface area contributed by atoms with Crippen molar-refractivity contribution in [3.8, 4) is 0 Å². The summed E-state index contributed by atoms with van der Waals surface area (Å²) in [5.74, 6) is 2.30. The molecule has 2 fully saturated rings. The maximum Gasteiger partial charge on any atom is 0.225 e. The molecule has 2 aromatic rings. The van der Waals surface area contributed by atoms with E-state index in [4.69, 9.17) is 0 Å². The molecular weight excluding hydrogens is 260 g/mol. The molecule has 2 aliphatic rings. The SMILES string of the molecule is Cc1ccccc1Nc1cc(C2CC2)nc(NC2CC2)n1. The second-order valence-corrected chi connectivity index (χ2v) is 6.13. The van der Waals surface area contributed by atoms with E-state index in [-0.39, 0.29) is 0 Å². The number of anilines is 3. The van der Waals surface area contributed by atoms with Crippen molar-refractivity contribution in [1.82, 2.24) is 9.97 Å². The molecule has 0 bridgehead atoms. The van der Waals surface area contributed by atoms with Crippen LogP contribution < -0.4 is 10.6 Å². The summed E-state index contributed by atoms with van der Waals surface area (Å²) in [6, 6.07) is 11.0. The van der Waals surface area contributed by atoms with Gasteiger partial charge in [-0.3, -0.25) is 0 Å². The van der Waals surface area contributed by atoms with E-state index in [2.05, 4.69) is 51.8 Å². The molecule has 2 saturated carbocycles. The van der Waals surface area contributed by atoms with Crippen molar-refractivity contribution < 1.29 is 0 Å². The highest BCUT2D eigenvalue weighted by Gasteiger charge is 2.27. The van der Waals surface area contributed by atoms with Crippen LogP contribution in [0.5, 0.6) is 0 Å². The molecule has 108 valence electrons. The van der Waals surface area contributed by atoms with Crippen LogP contribution in [0.4, 0.5) is 17.5 Å². The average molecular weight is 280 g/mol. The van der Waals surface area contributed by atoms with Crippen LogP contribution in [0, 0.1) is 6.92 Å². The standard InChI is InChI=1S/C17H20N4/c1-11-4-2-3-5-14(11)19-16-10-15(12-6-7-12)20-17(21-16)18-13-8-9-13/h2-5,10,12-13H,6-9H2,1H3,(H2,18,19,20,21). The van der Waals surface area contributed by atoms with E-state index in [1.165, 1.54) is 36.9 Å². The summed E-state index contributed by atoms with van der Waals surface area (Å²) in [5.41, 5.74) is 3.50. The fourth-order valence-electron chi connectivity index (χ4n) is 2.44. The second kappa shape index (κ2) is 5.02. The zero-order valence-corrected chi connectivity index (χ0v) is 12.3. The fraction of sp³-hybridized carbons (Fsp3) is 0.412. The molecule has 0 atom stereocenters. The molecule has 0 radical (unpaired) electrons. The normalized spacial score (nSPS) is 17.6. The Bertz CT molecular complexity index is 660. The lowest BCUT2D eigenvalue weighted by Crippen LogP contribution is -2.08. The number of hydrogen-bond donors (Lipinski definition) is 2. The van der Waals surface area contributed by atoms with Gasteiger partial charge < -0.3 is 10.6 Å². The number of aromatic nitrogens is 2. The second-order valence-electron chi connectivity index (χ2n) is 6.13. The Morgan fingerprint density at radius 1 is 1.05 bits per heavy atom. The summed E-state index contributed by atoms with van der Waals surface area (Å²) in [6.45, 7) is 2.11. The van der Waals surface area contributed by atoms with E-state index in [1.54, 1.807) is 0 Å². The number of benzene rings is 1. The molecule has 1 aromatic carbocycles. The predicted molar refractivity (Wildman–Crippen MR) is 85.1 cm³/mol. The van der Waals surface area contributed by atoms with Crippen LogP contribution in [0.3, 0.4) is 0 Å². The lowest BCUT2D eigenvalue weighted by molar-refractivity contribution is 0.968. The van der Waals surface area contributed by atoms with Gasteiger partial charge in [0.25, 0.3) is 0 Å². The molecule has 0 unspecified atom stereocenters. The van der Waals surface area contributed by atoms with Gasteiger partial charge in [0, 0.05) is 23.7 Å². The van der Waals surface area contributed by atoms with E-state index < -0.39 is 0 Å². The Balaban J connectivity index is 1.63. The summed E-state index contributed by atoms with van der Waals surface area (Å²) in [6.07, 6.45) is 4.97. The highest BCUT2D eigenvalue weighted by atomic mass is 15.2. The maximum absolute atomic E-state index is 4.68. The average Bonchev–Trinajstić information content (AvgIpc) is 3.35. The Hall–Kier alpha value is -2.10. The number of hydrogen-bond acceptors (Lipinski definition) is 4. The highest BCUT2D eigenvalue weighted by molar-refractivity contribution is 5.61. The first-order valence-electron chi connectivity index (χ1n) is 7.76.